The van der Waals surface area contributed by atoms with Crippen LogP contribution in [0.4, 0.5) is 10.5 Å². The number of imidazole rings is 1. The van der Waals surface area contributed by atoms with Crippen molar-refractivity contribution in [3.63, 3.8) is 0 Å². The van der Waals surface area contributed by atoms with E-state index in [0.29, 0.717) is 6.42 Å². The zero-order valence-electron chi connectivity index (χ0n) is 16.1. The average Bonchev–Trinajstić information content (AvgIpc) is 3.12. The van der Waals surface area contributed by atoms with Crippen LogP contribution in [0.1, 0.15) is 23.0 Å². The van der Waals surface area contributed by atoms with Gasteiger partial charge in [0, 0.05) is 12.1 Å². The number of nitrogens with one attached hydrogen (secondary N) is 3. The number of benzene rings is 3. The van der Waals surface area contributed by atoms with Gasteiger partial charge >= 0.3 is 6.03 Å². The van der Waals surface area contributed by atoms with Gasteiger partial charge in [-0.25, -0.2) is 9.78 Å². The van der Waals surface area contributed by atoms with Gasteiger partial charge < -0.3 is 15.6 Å². The van der Waals surface area contributed by atoms with E-state index in [9.17, 15) is 4.79 Å². The van der Waals surface area contributed by atoms with E-state index in [1.165, 1.54) is 0 Å². The normalized spacial score (nSPS) is 11.5. The minimum absolute atomic E-state index is 0. The van der Waals surface area contributed by atoms with Gasteiger partial charge in [0.25, 0.3) is 0 Å². The Morgan fingerprint density at radius 3 is 2.38 bits per heavy atom. The fourth-order valence-electron chi connectivity index (χ4n) is 3.20. The predicted octanol–water partition coefficient (Wildman–Crippen LogP) is 5.40. The molecule has 2 amide bonds. The monoisotopic (exact) mass is 406 g/mol. The molecule has 4 aromatic rings. The zero-order valence-corrected chi connectivity index (χ0v) is 16.9. The van der Waals surface area contributed by atoms with E-state index in [-0.39, 0.29) is 24.5 Å². The summed E-state index contributed by atoms with van der Waals surface area (Å²) in [6, 6.07) is 25.1. The summed E-state index contributed by atoms with van der Waals surface area (Å²) in [5.74, 6) is 0.839. The van der Waals surface area contributed by atoms with Gasteiger partial charge in [0.05, 0.1) is 17.1 Å². The first-order valence-corrected chi connectivity index (χ1v) is 9.30. The van der Waals surface area contributed by atoms with Crippen LogP contribution in [0.2, 0.25) is 0 Å². The van der Waals surface area contributed by atoms with Crippen LogP contribution in [0.5, 0.6) is 0 Å². The molecule has 5 nitrogen and oxygen atoms in total. The number of fused-ring (bicyclic) bond motifs is 1. The highest BCUT2D eigenvalue weighted by Crippen LogP contribution is 2.20. The summed E-state index contributed by atoms with van der Waals surface area (Å²) in [7, 11) is 0. The van der Waals surface area contributed by atoms with Crippen molar-refractivity contribution in [1.82, 2.24) is 15.3 Å². The minimum Gasteiger partial charge on any atom is -0.342 e. The molecule has 0 fully saturated rings. The lowest BCUT2D eigenvalue weighted by atomic mass is 10.0. The van der Waals surface area contributed by atoms with E-state index in [2.05, 4.69) is 20.6 Å². The third-order valence-electron chi connectivity index (χ3n) is 4.65. The van der Waals surface area contributed by atoms with Crippen molar-refractivity contribution in [2.75, 3.05) is 5.32 Å². The number of para-hydroxylation sites is 2. The number of aromatic amines is 1. The number of urea groups is 1. The number of hydrogen-bond donors (Lipinski definition) is 3. The van der Waals surface area contributed by atoms with Crippen molar-refractivity contribution < 1.29 is 4.79 Å². The number of carbonyl (C=O) groups is 1. The number of aryl methyl sites for hydroxylation is 1. The lowest BCUT2D eigenvalue weighted by molar-refractivity contribution is 0.248. The van der Waals surface area contributed by atoms with E-state index in [1.54, 1.807) is 0 Å². The first kappa shape index (κ1) is 20.4. The van der Waals surface area contributed by atoms with E-state index in [1.807, 2.05) is 85.8 Å². The maximum atomic E-state index is 12.6. The summed E-state index contributed by atoms with van der Waals surface area (Å²) in [4.78, 5) is 20.6. The van der Waals surface area contributed by atoms with E-state index in [0.717, 1.165) is 33.7 Å². The minimum atomic E-state index is -0.242. The third kappa shape index (κ3) is 5.15. The van der Waals surface area contributed by atoms with Gasteiger partial charge in [0.15, 0.2) is 0 Å². The highest BCUT2D eigenvalue weighted by atomic mass is 35.5. The van der Waals surface area contributed by atoms with Crippen LogP contribution in [0.3, 0.4) is 0 Å². The number of carbonyl (C=O) groups excluding carboxylic acids is 1. The number of hydrogen-bond acceptors (Lipinski definition) is 2. The van der Waals surface area contributed by atoms with E-state index in [4.69, 9.17) is 0 Å². The molecule has 3 N–H and O–H groups in total. The van der Waals surface area contributed by atoms with Crippen LogP contribution in [0.25, 0.3) is 11.0 Å². The van der Waals surface area contributed by atoms with Crippen LogP contribution in [-0.2, 0) is 6.42 Å². The molecule has 148 valence electrons. The summed E-state index contributed by atoms with van der Waals surface area (Å²) < 4.78 is 0. The molecule has 4 rings (SSSR count). The van der Waals surface area contributed by atoms with Crippen LogP contribution in [0.15, 0.2) is 78.9 Å². The van der Waals surface area contributed by atoms with Crippen molar-refractivity contribution >= 4 is 35.2 Å². The first-order valence-electron chi connectivity index (χ1n) is 9.30. The molecule has 0 aliphatic rings. The van der Waals surface area contributed by atoms with Crippen LogP contribution < -0.4 is 10.6 Å². The van der Waals surface area contributed by atoms with Crippen LogP contribution >= 0.6 is 12.4 Å². The average molecular weight is 407 g/mol. The fourth-order valence-corrected chi connectivity index (χ4v) is 3.20. The molecule has 6 heteroatoms. The Labute approximate surface area is 176 Å². The highest BCUT2D eigenvalue weighted by molar-refractivity contribution is 5.89. The molecule has 0 radical (unpaired) electrons. The SMILES string of the molecule is Cc1ccc(NC(=O)NC(Cc2nc3ccccc3[nH]2)c2ccccc2)cc1.Cl. The fraction of sp³-hybridized carbons (Fsp3) is 0.130. The van der Waals surface area contributed by atoms with Crippen LogP contribution in [0, 0.1) is 6.92 Å². The lowest BCUT2D eigenvalue weighted by Gasteiger charge is -2.19. The number of H-pyrrole nitrogens is 1. The molecule has 1 heterocycles. The molecule has 1 unspecified atom stereocenters. The topological polar surface area (TPSA) is 69.8 Å². The molecule has 0 saturated carbocycles. The summed E-state index contributed by atoms with van der Waals surface area (Å²) in [5, 5.41) is 5.98. The second kappa shape index (κ2) is 9.26. The van der Waals surface area contributed by atoms with Gasteiger partial charge in [-0.3, -0.25) is 0 Å². The summed E-state index contributed by atoms with van der Waals surface area (Å²) in [6.07, 6.45) is 0.569. The molecular weight excluding hydrogens is 384 g/mol. The second-order valence-corrected chi connectivity index (χ2v) is 6.83. The van der Waals surface area contributed by atoms with Gasteiger partial charge in [0.1, 0.15) is 5.82 Å². The van der Waals surface area contributed by atoms with E-state index < -0.39 is 0 Å². The Hall–Kier alpha value is -3.31. The number of amides is 2. The lowest BCUT2D eigenvalue weighted by Crippen LogP contribution is -2.33. The van der Waals surface area contributed by atoms with Crippen LogP contribution in [-0.4, -0.2) is 16.0 Å². The smallest absolute Gasteiger partial charge is 0.319 e. The third-order valence-corrected chi connectivity index (χ3v) is 4.65. The number of rotatable bonds is 5. The number of aromatic nitrogens is 2. The molecule has 0 saturated heterocycles. The Morgan fingerprint density at radius 2 is 1.66 bits per heavy atom. The van der Waals surface area contributed by atoms with Crippen molar-refractivity contribution in [3.8, 4) is 0 Å². The first-order chi connectivity index (χ1) is 13.7. The molecule has 0 spiro atoms. The second-order valence-electron chi connectivity index (χ2n) is 6.83. The summed E-state index contributed by atoms with van der Waals surface area (Å²) >= 11 is 0. The van der Waals surface area contributed by atoms with Crippen molar-refractivity contribution in [1.29, 1.82) is 0 Å². The maximum Gasteiger partial charge on any atom is 0.319 e. The Kier molecular flexibility index (Phi) is 6.52. The van der Waals surface area contributed by atoms with Gasteiger partial charge in [-0.1, -0.05) is 60.2 Å². The summed E-state index contributed by atoms with van der Waals surface area (Å²) in [6.45, 7) is 2.02. The Bertz CT molecular complexity index is 1040. The van der Waals surface area contributed by atoms with Crippen molar-refractivity contribution in [2.45, 2.75) is 19.4 Å². The van der Waals surface area contributed by atoms with Gasteiger partial charge in [-0.05, 0) is 36.8 Å². The molecule has 1 aromatic heterocycles. The number of halogens is 1. The Morgan fingerprint density at radius 1 is 0.966 bits per heavy atom. The molecule has 1 atom stereocenters. The standard InChI is InChI=1S/C23H22N4O.ClH/c1-16-11-13-18(14-12-16)24-23(28)27-21(17-7-3-2-4-8-17)15-22-25-19-9-5-6-10-20(19)26-22;/h2-14,21H,15H2,1H3,(H,25,26)(H2,24,27,28);1H. The predicted molar refractivity (Wildman–Crippen MR) is 120 cm³/mol. The summed E-state index contributed by atoms with van der Waals surface area (Å²) in [5.41, 5.74) is 4.86. The number of anilines is 1. The molecule has 29 heavy (non-hydrogen) atoms. The largest absolute Gasteiger partial charge is 0.342 e. The molecular formula is C23H23ClN4O. The quantitative estimate of drug-likeness (QED) is 0.415. The van der Waals surface area contributed by atoms with E-state index >= 15 is 0 Å². The van der Waals surface area contributed by atoms with Gasteiger partial charge in [-0.15, -0.1) is 12.4 Å². The zero-order chi connectivity index (χ0) is 19.3. The number of nitrogens with zero attached hydrogens (tertiary/aromatic N) is 1. The van der Waals surface area contributed by atoms with Gasteiger partial charge in [-0.2, -0.15) is 0 Å². The van der Waals surface area contributed by atoms with Crippen molar-refractivity contribution in [2.24, 2.45) is 0 Å². The maximum absolute atomic E-state index is 12.6. The van der Waals surface area contributed by atoms with Gasteiger partial charge in [0.2, 0.25) is 0 Å². The molecule has 0 aliphatic heterocycles. The van der Waals surface area contributed by atoms with Crippen molar-refractivity contribution in [3.05, 3.63) is 95.8 Å². The molecule has 3 aromatic carbocycles. The molecule has 0 bridgehead atoms. The Balaban J connectivity index is 0.00000240. The highest BCUT2D eigenvalue weighted by Gasteiger charge is 2.17. The molecule has 0 aliphatic carbocycles.